The van der Waals surface area contributed by atoms with Crippen molar-refractivity contribution in [3.63, 3.8) is 0 Å². The first-order valence-electron chi connectivity index (χ1n) is 8.57. The molecule has 1 N–H and O–H groups in total. The Labute approximate surface area is 144 Å². The van der Waals surface area contributed by atoms with E-state index in [9.17, 15) is 5.11 Å². The molecule has 2 aromatic rings. The fourth-order valence-corrected chi connectivity index (χ4v) is 3.23. The van der Waals surface area contributed by atoms with E-state index in [4.69, 9.17) is 4.42 Å². The molecule has 0 unspecified atom stereocenters. The predicted molar refractivity (Wildman–Crippen MR) is 96.4 cm³/mol. The molecule has 0 amide bonds. The summed E-state index contributed by atoms with van der Waals surface area (Å²) in [5.74, 6) is 0.923. The summed E-state index contributed by atoms with van der Waals surface area (Å²) in [6.45, 7) is 8.46. The van der Waals surface area contributed by atoms with Crippen LogP contribution in [0.1, 0.15) is 23.8 Å². The van der Waals surface area contributed by atoms with Crippen LogP contribution in [0.4, 0.5) is 0 Å². The molecule has 2 heterocycles. The highest BCUT2D eigenvalue weighted by atomic mass is 16.3. The lowest BCUT2D eigenvalue weighted by Gasteiger charge is -2.35. The number of furan rings is 1. The van der Waals surface area contributed by atoms with Gasteiger partial charge in [-0.05, 0) is 36.3 Å². The van der Waals surface area contributed by atoms with Crippen LogP contribution < -0.4 is 0 Å². The average Bonchev–Trinajstić information content (AvgIpc) is 3.10. The van der Waals surface area contributed by atoms with Gasteiger partial charge in [-0.3, -0.25) is 9.80 Å². The minimum atomic E-state index is 0.118. The molecule has 1 aliphatic rings. The van der Waals surface area contributed by atoms with Crippen molar-refractivity contribution < 1.29 is 9.52 Å². The van der Waals surface area contributed by atoms with Gasteiger partial charge in [0.2, 0.25) is 0 Å². The van der Waals surface area contributed by atoms with E-state index in [1.165, 1.54) is 11.1 Å². The Balaban J connectivity index is 1.49. The standard InChI is InChI=1S/C20H26N2O2/c1-17(13-20-7-4-12-24-20)14-21-8-10-22(11-9-21)15-18-5-2-3-6-19(18)16-23/h2-7,12-13,23H,8-11,14-16H2,1H3. The lowest BCUT2D eigenvalue weighted by Crippen LogP contribution is -2.46. The molecule has 0 radical (unpaired) electrons. The summed E-state index contributed by atoms with van der Waals surface area (Å²) in [6, 6.07) is 12.1. The van der Waals surface area contributed by atoms with Gasteiger partial charge in [0.05, 0.1) is 12.9 Å². The molecule has 0 bridgehead atoms. The molecule has 128 valence electrons. The molecule has 0 aliphatic carbocycles. The van der Waals surface area contributed by atoms with E-state index in [1.807, 2.05) is 30.3 Å². The van der Waals surface area contributed by atoms with E-state index >= 15 is 0 Å². The third-order valence-corrected chi connectivity index (χ3v) is 4.55. The van der Waals surface area contributed by atoms with Crippen LogP contribution >= 0.6 is 0 Å². The number of benzene rings is 1. The van der Waals surface area contributed by atoms with Crippen LogP contribution in [0.3, 0.4) is 0 Å². The van der Waals surface area contributed by atoms with Crippen molar-refractivity contribution in [2.75, 3.05) is 32.7 Å². The largest absolute Gasteiger partial charge is 0.465 e. The fourth-order valence-electron chi connectivity index (χ4n) is 3.23. The van der Waals surface area contributed by atoms with Crippen LogP contribution in [0, 0.1) is 0 Å². The van der Waals surface area contributed by atoms with Crippen molar-refractivity contribution in [1.29, 1.82) is 0 Å². The van der Waals surface area contributed by atoms with Gasteiger partial charge in [-0.2, -0.15) is 0 Å². The molecule has 1 saturated heterocycles. The van der Waals surface area contributed by atoms with Gasteiger partial charge in [0, 0.05) is 39.3 Å². The number of nitrogens with zero attached hydrogens (tertiary/aromatic N) is 2. The van der Waals surface area contributed by atoms with E-state index < -0.39 is 0 Å². The maximum absolute atomic E-state index is 9.45. The van der Waals surface area contributed by atoms with Gasteiger partial charge in [-0.15, -0.1) is 0 Å². The molecular weight excluding hydrogens is 300 g/mol. The Bertz CT molecular complexity index is 656. The van der Waals surface area contributed by atoms with Gasteiger partial charge in [-0.1, -0.05) is 29.8 Å². The highest BCUT2D eigenvalue weighted by molar-refractivity contribution is 5.46. The number of hydrogen-bond acceptors (Lipinski definition) is 4. The minimum absolute atomic E-state index is 0.118. The van der Waals surface area contributed by atoms with Crippen molar-refractivity contribution in [3.05, 3.63) is 65.1 Å². The first-order valence-corrected chi connectivity index (χ1v) is 8.57. The van der Waals surface area contributed by atoms with E-state index in [0.717, 1.165) is 50.6 Å². The van der Waals surface area contributed by atoms with Crippen LogP contribution in [0.5, 0.6) is 0 Å². The van der Waals surface area contributed by atoms with Crippen LogP contribution in [-0.4, -0.2) is 47.6 Å². The van der Waals surface area contributed by atoms with Crippen molar-refractivity contribution in [2.24, 2.45) is 0 Å². The zero-order valence-corrected chi connectivity index (χ0v) is 14.3. The van der Waals surface area contributed by atoms with Crippen molar-refractivity contribution in [2.45, 2.75) is 20.1 Å². The van der Waals surface area contributed by atoms with E-state index in [2.05, 4.69) is 28.9 Å². The zero-order valence-electron chi connectivity index (χ0n) is 14.3. The SMILES string of the molecule is CC(=Cc1ccco1)CN1CCN(Cc2ccccc2CO)CC1. The molecule has 0 saturated carbocycles. The molecule has 4 nitrogen and oxygen atoms in total. The van der Waals surface area contributed by atoms with Crippen LogP contribution in [0.25, 0.3) is 6.08 Å². The van der Waals surface area contributed by atoms with E-state index in [0.29, 0.717) is 0 Å². The first-order chi connectivity index (χ1) is 11.7. The van der Waals surface area contributed by atoms with Crippen molar-refractivity contribution in [1.82, 2.24) is 9.80 Å². The Hall–Kier alpha value is -1.88. The lowest BCUT2D eigenvalue weighted by molar-refractivity contribution is 0.134. The number of hydrogen-bond donors (Lipinski definition) is 1. The van der Waals surface area contributed by atoms with Crippen LogP contribution in [0.2, 0.25) is 0 Å². The second kappa shape index (κ2) is 8.29. The average molecular weight is 326 g/mol. The lowest BCUT2D eigenvalue weighted by atomic mass is 10.1. The molecule has 1 aliphatic heterocycles. The molecule has 3 rings (SSSR count). The van der Waals surface area contributed by atoms with E-state index in [1.54, 1.807) is 6.26 Å². The molecule has 4 heteroatoms. The van der Waals surface area contributed by atoms with Gasteiger partial charge in [0.1, 0.15) is 5.76 Å². The third kappa shape index (κ3) is 4.57. The molecule has 1 fully saturated rings. The normalized spacial score (nSPS) is 17.3. The van der Waals surface area contributed by atoms with Gasteiger partial charge in [-0.25, -0.2) is 0 Å². The summed E-state index contributed by atoms with van der Waals surface area (Å²) in [5.41, 5.74) is 3.60. The third-order valence-electron chi connectivity index (χ3n) is 4.55. The van der Waals surface area contributed by atoms with Crippen molar-refractivity contribution in [3.8, 4) is 0 Å². The molecule has 24 heavy (non-hydrogen) atoms. The Morgan fingerprint density at radius 2 is 1.75 bits per heavy atom. The maximum Gasteiger partial charge on any atom is 0.126 e. The second-order valence-corrected chi connectivity index (χ2v) is 6.49. The number of aliphatic hydroxyl groups is 1. The fraction of sp³-hybridized carbons (Fsp3) is 0.400. The summed E-state index contributed by atoms with van der Waals surface area (Å²) in [4.78, 5) is 4.96. The maximum atomic E-state index is 9.45. The number of aliphatic hydroxyl groups excluding tert-OH is 1. The quantitative estimate of drug-likeness (QED) is 0.886. The Kier molecular flexibility index (Phi) is 5.86. The Morgan fingerprint density at radius 1 is 1.04 bits per heavy atom. The predicted octanol–water partition coefficient (Wildman–Crippen LogP) is 2.99. The summed E-state index contributed by atoms with van der Waals surface area (Å²) < 4.78 is 5.38. The second-order valence-electron chi connectivity index (χ2n) is 6.49. The monoisotopic (exact) mass is 326 g/mol. The summed E-state index contributed by atoms with van der Waals surface area (Å²) in [5, 5.41) is 9.45. The highest BCUT2D eigenvalue weighted by Crippen LogP contribution is 2.15. The first kappa shape index (κ1) is 17.0. The topological polar surface area (TPSA) is 39.9 Å². The molecule has 1 aromatic carbocycles. The van der Waals surface area contributed by atoms with Gasteiger partial charge in [0.15, 0.2) is 0 Å². The van der Waals surface area contributed by atoms with Crippen molar-refractivity contribution >= 4 is 6.08 Å². The summed E-state index contributed by atoms with van der Waals surface area (Å²) >= 11 is 0. The number of rotatable bonds is 6. The molecule has 0 spiro atoms. The summed E-state index contributed by atoms with van der Waals surface area (Å²) in [6.07, 6.45) is 3.83. The molecular formula is C20H26N2O2. The molecule has 0 atom stereocenters. The highest BCUT2D eigenvalue weighted by Gasteiger charge is 2.17. The smallest absolute Gasteiger partial charge is 0.126 e. The van der Waals surface area contributed by atoms with E-state index in [-0.39, 0.29) is 6.61 Å². The Morgan fingerprint density at radius 3 is 2.42 bits per heavy atom. The minimum Gasteiger partial charge on any atom is -0.465 e. The molecule has 1 aromatic heterocycles. The zero-order chi connectivity index (χ0) is 16.8. The number of piperazine rings is 1. The van der Waals surface area contributed by atoms with Gasteiger partial charge in [0.25, 0.3) is 0 Å². The van der Waals surface area contributed by atoms with Gasteiger partial charge >= 0.3 is 0 Å². The van der Waals surface area contributed by atoms with Gasteiger partial charge < -0.3 is 9.52 Å². The van der Waals surface area contributed by atoms with Crippen LogP contribution in [0.15, 0.2) is 52.7 Å². The summed E-state index contributed by atoms with van der Waals surface area (Å²) in [7, 11) is 0. The van der Waals surface area contributed by atoms with Crippen LogP contribution in [-0.2, 0) is 13.2 Å².